The summed E-state index contributed by atoms with van der Waals surface area (Å²) in [6, 6.07) is 11.3. The number of anilines is 2. The van der Waals surface area contributed by atoms with Crippen molar-refractivity contribution in [2.45, 2.75) is 18.9 Å². The SMILES string of the molecule is O=C1CCc2cc(OC[C@H](O)CN3CCN(c4ccc(Cl)c(Cl)c4)CC3)ccc2N1. The van der Waals surface area contributed by atoms with E-state index < -0.39 is 6.10 Å². The van der Waals surface area contributed by atoms with Crippen LogP contribution in [0.5, 0.6) is 5.75 Å². The maximum absolute atomic E-state index is 11.4. The molecule has 1 fully saturated rings. The van der Waals surface area contributed by atoms with E-state index in [9.17, 15) is 9.90 Å². The average Bonchev–Trinajstić information content (AvgIpc) is 2.75. The molecule has 2 heterocycles. The molecule has 2 aromatic carbocycles. The van der Waals surface area contributed by atoms with Gasteiger partial charge in [0.25, 0.3) is 0 Å². The molecule has 0 spiro atoms. The summed E-state index contributed by atoms with van der Waals surface area (Å²) in [5.74, 6) is 0.763. The summed E-state index contributed by atoms with van der Waals surface area (Å²) >= 11 is 12.1. The number of ether oxygens (including phenoxy) is 1. The number of halogens is 2. The van der Waals surface area contributed by atoms with Gasteiger partial charge in [0.05, 0.1) is 10.0 Å². The molecule has 0 radical (unpaired) electrons. The van der Waals surface area contributed by atoms with Crippen molar-refractivity contribution >= 4 is 40.5 Å². The fraction of sp³-hybridized carbons (Fsp3) is 0.409. The molecule has 0 aliphatic carbocycles. The van der Waals surface area contributed by atoms with Crippen LogP contribution in [0.25, 0.3) is 0 Å². The number of nitrogens with zero attached hydrogens (tertiary/aromatic N) is 2. The lowest BCUT2D eigenvalue weighted by Crippen LogP contribution is -2.49. The Morgan fingerprint density at radius 1 is 1.03 bits per heavy atom. The van der Waals surface area contributed by atoms with Gasteiger partial charge in [0.2, 0.25) is 5.91 Å². The van der Waals surface area contributed by atoms with Gasteiger partial charge in [-0.15, -0.1) is 0 Å². The Kier molecular flexibility index (Phi) is 6.68. The molecule has 0 saturated carbocycles. The van der Waals surface area contributed by atoms with Crippen LogP contribution in [0, 0.1) is 0 Å². The van der Waals surface area contributed by atoms with Gasteiger partial charge in [-0.05, 0) is 48.4 Å². The van der Waals surface area contributed by atoms with Gasteiger partial charge in [-0.3, -0.25) is 9.69 Å². The van der Waals surface area contributed by atoms with E-state index in [1.54, 1.807) is 0 Å². The van der Waals surface area contributed by atoms with Crippen LogP contribution in [-0.2, 0) is 11.2 Å². The number of nitrogens with one attached hydrogen (secondary N) is 1. The van der Waals surface area contributed by atoms with Gasteiger partial charge >= 0.3 is 0 Å². The van der Waals surface area contributed by atoms with Gasteiger partial charge in [0.1, 0.15) is 18.5 Å². The van der Waals surface area contributed by atoms with Crippen LogP contribution < -0.4 is 15.0 Å². The summed E-state index contributed by atoms with van der Waals surface area (Å²) < 4.78 is 5.79. The third-order valence-electron chi connectivity index (χ3n) is 5.52. The number of hydrogen-bond donors (Lipinski definition) is 2. The zero-order valence-electron chi connectivity index (χ0n) is 16.6. The number of aliphatic hydroxyl groups excluding tert-OH is 1. The lowest BCUT2D eigenvalue weighted by molar-refractivity contribution is -0.116. The van der Waals surface area contributed by atoms with E-state index in [1.807, 2.05) is 36.4 Å². The average molecular weight is 450 g/mol. The summed E-state index contributed by atoms with van der Waals surface area (Å²) in [5, 5.41) is 14.4. The second kappa shape index (κ2) is 9.43. The number of rotatable bonds is 6. The summed E-state index contributed by atoms with van der Waals surface area (Å²) in [4.78, 5) is 16.0. The molecule has 1 saturated heterocycles. The van der Waals surface area contributed by atoms with Crippen LogP contribution in [-0.4, -0.2) is 61.3 Å². The number of piperazine rings is 1. The van der Waals surface area contributed by atoms with Gasteiger partial charge in [-0.25, -0.2) is 0 Å². The van der Waals surface area contributed by atoms with Crippen molar-refractivity contribution in [1.29, 1.82) is 0 Å². The first-order valence-corrected chi connectivity index (χ1v) is 10.9. The molecule has 2 aliphatic rings. The van der Waals surface area contributed by atoms with Crippen LogP contribution in [0.15, 0.2) is 36.4 Å². The molecule has 0 aromatic heterocycles. The maximum Gasteiger partial charge on any atom is 0.224 e. The van der Waals surface area contributed by atoms with E-state index in [0.717, 1.165) is 43.1 Å². The molecule has 2 aromatic rings. The number of amides is 1. The number of hydrogen-bond acceptors (Lipinski definition) is 5. The van der Waals surface area contributed by atoms with Crippen molar-refractivity contribution in [3.8, 4) is 5.75 Å². The van der Waals surface area contributed by atoms with Crippen molar-refractivity contribution in [3.05, 3.63) is 52.0 Å². The molecule has 1 amide bonds. The molecule has 0 bridgehead atoms. The quantitative estimate of drug-likeness (QED) is 0.706. The predicted octanol–water partition coefficient (Wildman–Crippen LogP) is 3.44. The van der Waals surface area contributed by atoms with Crippen LogP contribution in [0.3, 0.4) is 0 Å². The highest BCUT2D eigenvalue weighted by atomic mass is 35.5. The maximum atomic E-state index is 11.4. The Morgan fingerprint density at radius 2 is 1.83 bits per heavy atom. The normalized spacial score (nSPS) is 18.0. The predicted molar refractivity (Wildman–Crippen MR) is 120 cm³/mol. The first-order valence-electron chi connectivity index (χ1n) is 10.1. The second-order valence-corrected chi connectivity index (χ2v) is 8.53. The number of aryl methyl sites for hydroxylation is 1. The molecule has 30 heavy (non-hydrogen) atoms. The minimum Gasteiger partial charge on any atom is -0.491 e. The standard InChI is InChI=1S/C22H25Cl2N3O3/c23-19-4-2-16(12-20(19)24)27-9-7-26(8-10-27)13-17(28)14-30-18-3-5-21-15(11-18)1-6-22(29)25-21/h2-5,11-12,17,28H,1,6-10,13-14H2,(H,25,29)/t17-/m1/s1. The van der Waals surface area contributed by atoms with E-state index >= 15 is 0 Å². The Hall–Kier alpha value is -1.99. The Morgan fingerprint density at radius 3 is 2.60 bits per heavy atom. The van der Waals surface area contributed by atoms with Crippen LogP contribution in [0.2, 0.25) is 10.0 Å². The fourth-order valence-corrected chi connectivity index (χ4v) is 4.16. The van der Waals surface area contributed by atoms with Gasteiger partial charge < -0.3 is 20.1 Å². The molecule has 6 nitrogen and oxygen atoms in total. The summed E-state index contributed by atoms with van der Waals surface area (Å²) in [5.41, 5.74) is 2.98. The highest BCUT2D eigenvalue weighted by molar-refractivity contribution is 6.42. The van der Waals surface area contributed by atoms with Gasteiger partial charge in [0, 0.05) is 50.5 Å². The summed E-state index contributed by atoms with van der Waals surface area (Å²) in [6.07, 6.45) is 0.634. The number of benzene rings is 2. The minimum atomic E-state index is -0.572. The molecule has 2 aliphatic heterocycles. The van der Waals surface area contributed by atoms with Gasteiger partial charge in [0.15, 0.2) is 0 Å². The number of fused-ring (bicyclic) bond motifs is 1. The van der Waals surface area contributed by atoms with Gasteiger partial charge in [-0.2, -0.15) is 0 Å². The largest absolute Gasteiger partial charge is 0.491 e. The first kappa shape index (κ1) is 21.2. The van der Waals surface area contributed by atoms with Crippen molar-refractivity contribution in [3.63, 3.8) is 0 Å². The third-order valence-corrected chi connectivity index (χ3v) is 6.26. The van der Waals surface area contributed by atoms with E-state index in [-0.39, 0.29) is 12.5 Å². The zero-order valence-corrected chi connectivity index (χ0v) is 18.1. The first-order chi connectivity index (χ1) is 14.5. The molecule has 2 N–H and O–H groups in total. The minimum absolute atomic E-state index is 0.0471. The van der Waals surface area contributed by atoms with E-state index in [4.69, 9.17) is 27.9 Å². The molecule has 8 heteroatoms. The molecule has 1 atom stereocenters. The van der Waals surface area contributed by atoms with Crippen molar-refractivity contribution in [2.24, 2.45) is 0 Å². The number of carbonyl (C=O) groups excluding carboxylic acids is 1. The number of β-amino-alcohol motifs (C(OH)–C–C–N with tert-alkyl or cyclic N) is 1. The molecular formula is C22H25Cl2N3O3. The van der Waals surface area contributed by atoms with E-state index in [0.29, 0.717) is 35.2 Å². The van der Waals surface area contributed by atoms with Crippen LogP contribution >= 0.6 is 23.2 Å². The smallest absolute Gasteiger partial charge is 0.224 e. The molecule has 160 valence electrons. The topological polar surface area (TPSA) is 65.0 Å². The third kappa shape index (κ3) is 5.19. The lowest BCUT2D eigenvalue weighted by atomic mass is 10.0. The lowest BCUT2D eigenvalue weighted by Gasteiger charge is -2.37. The Balaban J connectivity index is 1.23. The van der Waals surface area contributed by atoms with Crippen LogP contribution in [0.1, 0.15) is 12.0 Å². The van der Waals surface area contributed by atoms with Crippen molar-refractivity contribution in [2.75, 3.05) is 49.5 Å². The fourth-order valence-electron chi connectivity index (χ4n) is 3.86. The molecule has 4 rings (SSSR count). The summed E-state index contributed by atoms with van der Waals surface area (Å²) in [7, 11) is 0. The monoisotopic (exact) mass is 449 g/mol. The van der Waals surface area contributed by atoms with E-state index in [1.165, 1.54) is 0 Å². The zero-order chi connectivity index (χ0) is 21.1. The number of carbonyl (C=O) groups is 1. The second-order valence-electron chi connectivity index (χ2n) is 7.72. The highest BCUT2D eigenvalue weighted by Crippen LogP contribution is 2.28. The Labute approximate surface area is 186 Å². The van der Waals surface area contributed by atoms with E-state index in [2.05, 4.69) is 15.1 Å². The van der Waals surface area contributed by atoms with Crippen molar-refractivity contribution < 1.29 is 14.6 Å². The van der Waals surface area contributed by atoms with Gasteiger partial charge in [-0.1, -0.05) is 23.2 Å². The molecule has 0 unspecified atom stereocenters. The Bertz CT molecular complexity index is 916. The van der Waals surface area contributed by atoms with Crippen LogP contribution in [0.4, 0.5) is 11.4 Å². The van der Waals surface area contributed by atoms with Crippen molar-refractivity contribution in [1.82, 2.24) is 4.90 Å². The number of aliphatic hydroxyl groups is 1. The summed E-state index contributed by atoms with van der Waals surface area (Å²) in [6.45, 7) is 4.24. The highest BCUT2D eigenvalue weighted by Gasteiger charge is 2.21. The molecular weight excluding hydrogens is 425 g/mol.